The third-order valence-electron chi connectivity index (χ3n) is 1.83. The van der Waals surface area contributed by atoms with E-state index in [1.165, 1.54) is 6.08 Å². The van der Waals surface area contributed by atoms with Gasteiger partial charge in [-0.2, -0.15) is 0 Å². The summed E-state index contributed by atoms with van der Waals surface area (Å²) in [6.07, 6.45) is 2.93. The fourth-order valence-corrected chi connectivity index (χ4v) is 1.35. The molecule has 0 atom stereocenters. The Labute approximate surface area is 109 Å². The van der Waals surface area contributed by atoms with Crippen LogP contribution in [-0.4, -0.2) is 22.9 Å². The van der Waals surface area contributed by atoms with E-state index in [9.17, 15) is 4.79 Å². The molecule has 0 saturated carbocycles. The van der Waals surface area contributed by atoms with Gasteiger partial charge in [0.1, 0.15) is 11.5 Å². The van der Waals surface area contributed by atoms with Crippen molar-refractivity contribution in [3.05, 3.63) is 35.9 Å². The molecule has 5 heteroatoms. The van der Waals surface area contributed by atoms with E-state index in [0.717, 1.165) is 5.69 Å². The molecule has 0 unspecified atom stereocenters. The van der Waals surface area contributed by atoms with Crippen molar-refractivity contribution >= 4 is 21.9 Å². The maximum Gasteiger partial charge on any atom is 0.334 e. The number of ether oxygens (including phenoxy) is 2. The number of nitrogens with zero attached hydrogens (tertiary/aromatic N) is 1. The molecule has 0 aromatic carbocycles. The van der Waals surface area contributed by atoms with Gasteiger partial charge in [0.15, 0.2) is 0 Å². The Morgan fingerprint density at radius 2 is 2.29 bits per heavy atom. The van der Waals surface area contributed by atoms with Gasteiger partial charge in [-0.3, -0.25) is 4.98 Å². The van der Waals surface area contributed by atoms with E-state index in [4.69, 9.17) is 9.47 Å². The highest BCUT2D eigenvalue weighted by molar-refractivity contribution is 9.09. The van der Waals surface area contributed by atoms with Crippen LogP contribution in [0.1, 0.15) is 12.6 Å². The van der Waals surface area contributed by atoms with Crippen molar-refractivity contribution in [3.8, 4) is 5.75 Å². The zero-order chi connectivity index (χ0) is 12.7. The zero-order valence-electron chi connectivity index (χ0n) is 9.77. The minimum atomic E-state index is -0.415. The van der Waals surface area contributed by atoms with Crippen molar-refractivity contribution in [2.45, 2.75) is 13.8 Å². The number of pyridine rings is 1. The zero-order valence-corrected chi connectivity index (χ0v) is 11.4. The van der Waals surface area contributed by atoms with Crippen LogP contribution in [0.4, 0.5) is 0 Å². The van der Waals surface area contributed by atoms with Crippen LogP contribution in [0.25, 0.3) is 0 Å². The molecule has 0 fully saturated rings. The number of allylic oxidation sites excluding steroid dienone is 1. The molecule has 0 aliphatic rings. The lowest BCUT2D eigenvalue weighted by Gasteiger charge is -2.07. The number of halogens is 1. The number of aryl methyl sites for hydroxylation is 1. The predicted molar refractivity (Wildman–Crippen MR) is 68.1 cm³/mol. The smallest absolute Gasteiger partial charge is 0.334 e. The Morgan fingerprint density at radius 3 is 2.82 bits per heavy atom. The number of esters is 1. The van der Waals surface area contributed by atoms with Crippen LogP contribution >= 0.6 is 15.9 Å². The lowest BCUT2D eigenvalue weighted by molar-refractivity contribution is -0.137. The molecule has 0 spiro atoms. The van der Waals surface area contributed by atoms with Crippen LogP contribution < -0.4 is 4.74 Å². The molecule has 0 amide bonds. The Morgan fingerprint density at radius 1 is 1.53 bits per heavy atom. The van der Waals surface area contributed by atoms with Crippen molar-refractivity contribution < 1.29 is 14.3 Å². The summed E-state index contributed by atoms with van der Waals surface area (Å²) in [6, 6.07) is 3.63. The summed E-state index contributed by atoms with van der Waals surface area (Å²) < 4.78 is 10.3. The van der Waals surface area contributed by atoms with Gasteiger partial charge in [0.25, 0.3) is 0 Å². The SMILES string of the molecule is CCOC(=O)/C=C(\CBr)Oc1ccc(C)nc1. The Kier molecular flexibility index (Phi) is 5.69. The first-order valence-corrected chi connectivity index (χ1v) is 6.31. The van der Waals surface area contributed by atoms with Crippen molar-refractivity contribution in [3.63, 3.8) is 0 Å². The highest BCUT2D eigenvalue weighted by Gasteiger charge is 2.04. The molecule has 1 aromatic rings. The number of carbonyl (C=O) groups is 1. The lowest BCUT2D eigenvalue weighted by atomic mass is 10.4. The third-order valence-corrected chi connectivity index (χ3v) is 2.38. The summed E-state index contributed by atoms with van der Waals surface area (Å²) >= 11 is 3.25. The van der Waals surface area contributed by atoms with E-state index >= 15 is 0 Å². The van der Waals surface area contributed by atoms with Gasteiger partial charge in [0.05, 0.1) is 24.2 Å². The van der Waals surface area contributed by atoms with Gasteiger partial charge >= 0.3 is 5.97 Å². The van der Waals surface area contributed by atoms with Crippen LogP contribution in [-0.2, 0) is 9.53 Å². The first-order chi connectivity index (χ1) is 8.15. The topological polar surface area (TPSA) is 48.4 Å². The molecule has 92 valence electrons. The first kappa shape index (κ1) is 13.7. The average molecular weight is 300 g/mol. The second-order valence-corrected chi connectivity index (χ2v) is 3.79. The second kappa shape index (κ2) is 7.06. The van der Waals surface area contributed by atoms with E-state index < -0.39 is 5.97 Å². The molecule has 1 heterocycles. The van der Waals surface area contributed by atoms with Gasteiger partial charge in [-0.15, -0.1) is 0 Å². The van der Waals surface area contributed by atoms with Gasteiger partial charge in [-0.25, -0.2) is 4.79 Å². The van der Waals surface area contributed by atoms with E-state index in [-0.39, 0.29) is 0 Å². The van der Waals surface area contributed by atoms with Gasteiger partial charge in [-0.1, -0.05) is 15.9 Å². The molecular weight excluding hydrogens is 286 g/mol. The number of hydrogen-bond acceptors (Lipinski definition) is 4. The predicted octanol–water partition coefficient (Wildman–Crippen LogP) is 2.61. The highest BCUT2D eigenvalue weighted by atomic mass is 79.9. The molecule has 1 aromatic heterocycles. The van der Waals surface area contributed by atoms with E-state index in [2.05, 4.69) is 20.9 Å². The number of aromatic nitrogens is 1. The minimum Gasteiger partial charge on any atom is -0.463 e. The molecule has 1 rings (SSSR count). The standard InChI is InChI=1S/C12H14BrNO3/c1-3-16-12(15)6-11(7-13)17-10-5-4-9(2)14-8-10/h4-6,8H,3,7H2,1-2H3/b11-6+. The first-order valence-electron chi connectivity index (χ1n) is 5.19. The monoisotopic (exact) mass is 299 g/mol. The summed E-state index contributed by atoms with van der Waals surface area (Å²) in [7, 11) is 0. The molecular formula is C12H14BrNO3. The van der Waals surface area contributed by atoms with Gasteiger partial charge in [0.2, 0.25) is 0 Å². The van der Waals surface area contributed by atoms with E-state index in [1.807, 2.05) is 13.0 Å². The summed E-state index contributed by atoms with van der Waals surface area (Å²) in [5, 5.41) is 0.430. The molecule has 0 bridgehead atoms. The molecule has 0 aliphatic heterocycles. The second-order valence-electron chi connectivity index (χ2n) is 3.23. The van der Waals surface area contributed by atoms with Gasteiger partial charge < -0.3 is 9.47 Å². The van der Waals surface area contributed by atoms with Crippen molar-refractivity contribution in [2.75, 3.05) is 11.9 Å². The molecule has 4 nitrogen and oxygen atoms in total. The van der Waals surface area contributed by atoms with Crippen molar-refractivity contribution in [1.82, 2.24) is 4.98 Å². The van der Waals surface area contributed by atoms with Crippen LogP contribution in [0.5, 0.6) is 5.75 Å². The quantitative estimate of drug-likeness (QED) is 0.363. The van der Waals surface area contributed by atoms with Crippen LogP contribution in [0.3, 0.4) is 0 Å². The van der Waals surface area contributed by atoms with Crippen LogP contribution in [0.2, 0.25) is 0 Å². The average Bonchev–Trinajstić information content (AvgIpc) is 2.31. The molecule has 0 N–H and O–H groups in total. The molecule has 0 radical (unpaired) electrons. The van der Waals surface area contributed by atoms with Crippen molar-refractivity contribution in [2.24, 2.45) is 0 Å². The maximum absolute atomic E-state index is 11.2. The van der Waals surface area contributed by atoms with Gasteiger partial charge in [-0.05, 0) is 26.0 Å². The Balaban J connectivity index is 2.69. The van der Waals surface area contributed by atoms with Crippen LogP contribution in [0, 0.1) is 6.92 Å². The minimum absolute atomic E-state index is 0.344. The largest absolute Gasteiger partial charge is 0.463 e. The number of alkyl halides is 1. The third kappa shape index (κ3) is 4.99. The number of rotatable bonds is 5. The Hall–Kier alpha value is -1.36. The highest BCUT2D eigenvalue weighted by Crippen LogP contribution is 2.14. The summed E-state index contributed by atoms with van der Waals surface area (Å²) in [6.45, 7) is 3.99. The normalized spacial score (nSPS) is 11.1. The van der Waals surface area contributed by atoms with Gasteiger partial charge in [0, 0.05) is 5.69 Å². The molecule has 17 heavy (non-hydrogen) atoms. The number of carbonyl (C=O) groups excluding carboxylic acids is 1. The fraction of sp³-hybridized carbons (Fsp3) is 0.333. The van der Waals surface area contributed by atoms with Crippen molar-refractivity contribution in [1.29, 1.82) is 0 Å². The Bertz CT molecular complexity index is 401. The fourth-order valence-electron chi connectivity index (χ4n) is 1.08. The molecule has 0 saturated heterocycles. The maximum atomic E-state index is 11.2. The summed E-state index contributed by atoms with van der Waals surface area (Å²) in [5.74, 6) is 0.654. The van der Waals surface area contributed by atoms with Crippen LogP contribution in [0.15, 0.2) is 30.2 Å². The van der Waals surface area contributed by atoms with E-state index in [1.54, 1.807) is 19.2 Å². The lowest BCUT2D eigenvalue weighted by Crippen LogP contribution is -2.05. The summed E-state index contributed by atoms with van der Waals surface area (Å²) in [5.41, 5.74) is 0.909. The van der Waals surface area contributed by atoms with E-state index in [0.29, 0.717) is 23.4 Å². The summed E-state index contributed by atoms with van der Waals surface area (Å²) in [4.78, 5) is 15.3. The molecule has 0 aliphatic carbocycles. The number of hydrogen-bond donors (Lipinski definition) is 0.